The summed E-state index contributed by atoms with van der Waals surface area (Å²) in [6, 6.07) is 14.3. The number of pyridine rings is 2. The standard InChI is InChI=1S/C25H22N2O2/c1-15-12-20(18-5-7-23(28)27(21(18)13-15)14-16-2-3-16)19-4-6-22-24-17(9-11-29-22)8-10-26-25(19)24/h4-8,10,12-13,16H,2-3,9,11,14H2,1H3. The molecule has 1 aliphatic carbocycles. The first-order valence-electron chi connectivity index (χ1n) is 10.4. The highest BCUT2D eigenvalue weighted by molar-refractivity contribution is 6.06. The molecule has 0 bridgehead atoms. The third kappa shape index (κ3) is 2.66. The van der Waals surface area contributed by atoms with Crippen molar-refractivity contribution in [2.45, 2.75) is 32.7 Å². The summed E-state index contributed by atoms with van der Waals surface area (Å²) >= 11 is 0. The van der Waals surface area contributed by atoms with Gasteiger partial charge in [0.05, 0.1) is 17.6 Å². The van der Waals surface area contributed by atoms with Gasteiger partial charge in [-0.1, -0.05) is 6.07 Å². The van der Waals surface area contributed by atoms with Crippen molar-refractivity contribution in [3.05, 3.63) is 70.1 Å². The Hall–Kier alpha value is -3.14. The minimum absolute atomic E-state index is 0.0874. The van der Waals surface area contributed by atoms with Crippen LogP contribution in [0.15, 0.2) is 53.5 Å². The Labute approximate surface area is 168 Å². The fourth-order valence-electron chi connectivity index (χ4n) is 4.63. The van der Waals surface area contributed by atoms with E-state index in [0.717, 1.165) is 57.2 Å². The van der Waals surface area contributed by atoms with Crippen LogP contribution in [-0.4, -0.2) is 16.2 Å². The van der Waals surface area contributed by atoms with Gasteiger partial charge >= 0.3 is 0 Å². The van der Waals surface area contributed by atoms with Gasteiger partial charge in [0.15, 0.2) is 0 Å². The van der Waals surface area contributed by atoms with E-state index in [0.29, 0.717) is 12.5 Å². The Morgan fingerprint density at radius 2 is 2.00 bits per heavy atom. The molecule has 2 aromatic carbocycles. The maximum atomic E-state index is 12.6. The largest absolute Gasteiger partial charge is 0.493 e. The third-order valence-corrected chi connectivity index (χ3v) is 6.25. The summed E-state index contributed by atoms with van der Waals surface area (Å²) in [7, 11) is 0. The van der Waals surface area contributed by atoms with E-state index in [1.807, 2.05) is 16.8 Å². The van der Waals surface area contributed by atoms with Gasteiger partial charge in [-0.05, 0) is 72.7 Å². The maximum absolute atomic E-state index is 12.6. The predicted molar refractivity (Wildman–Crippen MR) is 116 cm³/mol. The van der Waals surface area contributed by atoms with Crippen LogP contribution >= 0.6 is 0 Å². The van der Waals surface area contributed by atoms with Crippen molar-refractivity contribution >= 4 is 21.8 Å². The molecule has 0 saturated heterocycles. The maximum Gasteiger partial charge on any atom is 0.251 e. The Balaban J connectivity index is 1.67. The molecule has 1 aliphatic heterocycles. The zero-order valence-corrected chi connectivity index (χ0v) is 16.4. The lowest BCUT2D eigenvalue weighted by Crippen LogP contribution is -2.20. The van der Waals surface area contributed by atoms with Gasteiger partial charge in [0, 0.05) is 41.6 Å². The zero-order valence-electron chi connectivity index (χ0n) is 16.4. The number of aryl methyl sites for hydroxylation is 1. The molecule has 6 rings (SSSR count). The fourth-order valence-corrected chi connectivity index (χ4v) is 4.63. The third-order valence-electron chi connectivity index (χ3n) is 6.25. The van der Waals surface area contributed by atoms with Crippen LogP contribution in [0.4, 0.5) is 0 Å². The lowest BCUT2D eigenvalue weighted by atomic mass is 9.93. The molecule has 144 valence electrons. The van der Waals surface area contributed by atoms with Crippen molar-refractivity contribution in [1.82, 2.24) is 9.55 Å². The van der Waals surface area contributed by atoms with E-state index >= 15 is 0 Å². The van der Waals surface area contributed by atoms with Crippen molar-refractivity contribution in [3.63, 3.8) is 0 Å². The van der Waals surface area contributed by atoms with Crippen molar-refractivity contribution in [1.29, 1.82) is 0 Å². The van der Waals surface area contributed by atoms with Crippen molar-refractivity contribution < 1.29 is 4.74 Å². The van der Waals surface area contributed by atoms with Crippen LogP contribution < -0.4 is 10.3 Å². The number of fused-ring (bicyclic) bond motifs is 1. The van der Waals surface area contributed by atoms with Gasteiger partial charge in [-0.25, -0.2) is 0 Å². The lowest BCUT2D eigenvalue weighted by Gasteiger charge is -2.20. The molecule has 0 N–H and O–H groups in total. The van der Waals surface area contributed by atoms with E-state index in [1.54, 1.807) is 6.07 Å². The van der Waals surface area contributed by atoms with Gasteiger partial charge in [-0.2, -0.15) is 0 Å². The van der Waals surface area contributed by atoms with Crippen LogP contribution in [-0.2, 0) is 13.0 Å². The van der Waals surface area contributed by atoms with Crippen LogP contribution in [0.3, 0.4) is 0 Å². The number of hydrogen-bond acceptors (Lipinski definition) is 3. The molecule has 3 heterocycles. The molecule has 0 spiro atoms. The average Bonchev–Trinajstić information content (AvgIpc) is 3.55. The molecule has 4 nitrogen and oxygen atoms in total. The zero-order chi connectivity index (χ0) is 19.5. The molecule has 2 aliphatic rings. The minimum Gasteiger partial charge on any atom is -0.493 e. The van der Waals surface area contributed by atoms with Crippen molar-refractivity contribution in [2.24, 2.45) is 5.92 Å². The quantitative estimate of drug-likeness (QED) is 0.508. The van der Waals surface area contributed by atoms with Gasteiger partial charge in [-0.3, -0.25) is 9.78 Å². The molecule has 29 heavy (non-hydrogen) atoms. The Bertz CT molecular complexity index is 1340. The second kappa shape index (κ2) is 6.18. The molecular weight excluding hydrogens is 360 g/mol. The normalized spacial score (nSPS) is 15.6. The average molecular weight is 382 g/mol. The number of benzene rings is 2. The Morgan fingerprint density at radius 1 is 1.10 bits per heavy atom. The first-order valence-corrected chi connectivity index (χ1v) is 10.4. The summed E-state index contributed by atoms with van der Waals surface area (Å²) in [4.78, 5) is 17.4. The minimum atomic E-state index is 0.0874. The van der Waals surface area contributed by atoms with Gasteiger partial charge in [0.2, 0.25) is 0 Å². The Morgan fingerprint density at radius 3 is 2.86 bits per heavy atom. The number of nitrogens with zero attached hydrogens (tertiary/aromatic N) is 2. The van der Waals surface area contributed by atoms with Crippen molar-refractivity contribution in [2.75, 3.05) is 6.61 Å². The van der Waals surface area contributed by atoms with E-state index in [-0.39, 0.29) is 5.56 Å². The van der Waals surface area contributed by atoms with Gasteiger partial charge < -0.3 is 9.30 Å². The monoisotopic (exact) mass is 382 g/mol. The van der Waals surface area contributed by atoms with Gasteiger partial charge in [0.25, 0.3) is 5.56 Å². The van der Waals surface area contributed by atoms with Crippen molar-refractivity contribution in [3.8, 4) is 16.9 Å². The molecule has 1 fully saturated rings. The predicted octanol–water partition coefficient (Wildman–Crippen LogP) is 4.87. The second-order valence-electron chi connectivity index (χ2n) is 8.37. The topological polar surface area (TPSA) is 44.1 Å². The van der Waals surface area contributed by atoms with E-state index in [1.165, 1.54) is 18.4 Å². The molecule has 4 aromatic rings. The van der Waals surface area contributed by atoms with E-state index in [2.05, 4.69) is 37.3 Å². The smallest absolute Gasteiger partial charge is 0.251 e. The van der Waals surface area contributed by atoms with E-state index in [4.69, 9.17) is 9.72 Å². The van der Waals surface area contributed by atoms with Crippen LogP contribution in [0.2, 0.25) is 0 Å². The molecule has 0 unspecified atom stereocenters. The summed E-state index contributed by atoms with van der Waals surface area (Å²) in [5.41, 5.74) is 6.76. The Kier molecular flexibility index (Phi) is 3.58. The molecule has 0 atom stereocenters. The lowest BCUT2D eigenvalue weighted by molar-refractivity contribution is 0.318. The molecular formula is C25H22N2O2. The summed E-state index contributed by atoms with van der Waals surface area (Å²) in [5.74, 6) is 1.56. The van der Waals surface area contributed by atoms with Gasteiger partial charge in [-0.15, -0.1) is 0 Å². The van der Waals surface area contributed by atoms with E-state index < -0.39 is 0 Å². The van der Waals surface area contributed by atoms with Crippen LogP contribution in [0.25, 0.3) is 32.9 Å². The summed E-state index contributed by atoms with van der Waals surface area (Å²) in [5, 5.41) is 2.23. The van der Waals surface area contributed by atoms with E-state index in [9.17, 15) is 4.79 Å². The molecule has 0 radical (unpaired) electrons. The number of ether oxygens (including phenoxy) is 1. The van der Waals surface area contributed by atoms with Gasteiger partial charge in [0.1, 0.15) is 5.75 Å². The second-order valence-corrected chi connectivity index (χ2v) is 8.37. The SMILES string of the molecule is Cc1cc(-c2ccc3c4c(ccnc24)CCO3)c2ccc(=O)n(CC3CC3)c2c1. The number of hydrogen-bond donors (Lipinski definition) is 0. The first kappa shape index (κ1) is 16.8. The highest BCUT2D eigenvalue weighted by Crippen LogP contribution is 2.40. The summed E-state index contributed by atoms with van der Waals surface area (Å²) in [6.07, 6.45) is 5.25. The number of rotatable bonds is 3. The molecule has 4 heteroatoms. The summed E-state index contributed by atoms with van der Waals surface area (Å²) in [6.45, 7) is 3.63. The molecule has 2 aromatic heterocycles. The number of aromatic nitrogens is 2. The fraction of sp³-hybridized carbons (Fsp3) is 0.280. The van der Waals surface area contributed by atoms with Crippen LogP contribution in [0.1, 0.15) is 24.0 Å². The highest BCUT2D eigenvalue weighted by atomic mass is 16.5. The highest BCUT2D eigenvalue weighted by Gasteiger charge is 2.24. The summed E-state index contributed by atoms with van der Waals surface area (Å²) < 4.78 is 7.86. The first-order chi connectivity index (χ1) is 14.2. The molecule has 1 saturated carbocycles. The molecule has 0 amide bonds. The van der Waals surface area contributed by atoms with Crippen LogP contribution in [0.5, 0.6) is 5.75 Å². The van der Waals surface area contributed by atoms with Crippen LogP contribution in [0, 0.1) is 12.8 Å².